The molecule has 0 aromatic heterocycles. The molecule has 5 nitrogen and oxygen atoms in total. The number of carbonyl (C=O) groups excluding carboxylic acids is 1. The van der Waals surface area contributed by atoms with Crippen LogP contribution in [-0.4, -0.2) is 30.6 Å². The number of amides is 1. The van der Waals surface area contributed by atoms with Crippen LogP contribution in [0.5, 0.6) is 5.75 Å². The zero-order chi connectivity index (χ0) is 15.6. The van der Waals surface area contributed by atoms with Crippen molar-refractivity contribution in [2.45, 2.75) is 20.3 Å². The summed E-state index contributed by atoms with van der Waals surface area (Å²) in [5, 5.41) is 11.9. The van der Waals surface area contributed by atoms with Crippen molar-refractivity contribution in [1.29, 1.82) is 0 Å². The smallest absolute Gasteiger partial charge is 0.307 e. The van der Waals surface area contributed by atoms with Crippen LogP contribution in [0.4, 0.5) is 0 Å². The van der Waals surface area contributed by atoms with Crippen LogP contribution in [0, 0.1) is 17.3 Å². The first-order valence-electron chi connectivity index (χ1n) is 7.01. The third kappa shape index (κ3) is 3.17. The highest BCUT2D eigenvalue weighted by Gasteiger charge is 2.65. The number of aliphatic carboxylic acids is 1. The van der Waals surface area contributed by atoms with Gasteiger partial charge in [0.1, 0.15) is 5.75 Å². The Morgan fingerprint density at radius 2 is 1.86 bits per heavy atom. The highest BCUT2D eigenvalue weighted by molar-refractivity contribution is 5.91. The van der Waals surface area contributed by atoms with Crippen molar-refractivity contribution < 1.29 is 19.4 Å². The van der Waals surface area contributed by atoms with E-state index in [1.54, 1.807) is 7.11 Å². The van der Waals surface area contributed by atoms with Crippen molar-refractivity contribution in [3.63, 3.8) is 0 Å². The minimum atomic E-state index is -0.893. The van der Waals surface area contributed by atoms with Gasteiger partial charge in [0, 0.05) is 6.54 Å². The zero-order valence-corrected chi connectivity index (χ0v) is 12.6. The second-order valence-electron chi connectivity index (χ2n) is 6.00. The summed E-state index contributed by atoms with van der Waals surface area (Å²) in [7, 11) is 1.62. The van der Waals surface area contributed by atoms with Crippen LogP contribution >= 0.6 is 0 Å². The molecular formula is C16H21NO4. The number of carbonyl (C=O) groups is 2. The van der Waals surface area contributed by atoms with Crippen molar-refractivity contribution >= 4 is 11.9 Å². The van der Waals surface area contributed by atoms with Gasteiger partial charge in [0.05, 0.1) is 18.9 Å². The Morgan fingerprint density at radius 1 is 1.24 bits per heavy atom. The van der Waals surface area contributed by atoms with Gasteiger partial charge < -0.3 is 15.2 Å². The Hall–Kier alpha value is -2.04. The maximum absolute atomic E-state index is 12.0. The number of benzene rings is 1. The van der Waals surface area contributed by atoms with E-state index in [0.717, 1.165) is 11.3 Å². The van der Waals surface area contributed by atoms with Gasteiger partial charge in [0.25, 0.3) is 0 Å². The number of carboxylic acids is 1. The number of ether oxygens (including phenoxy) is 1. The van der Waals surface area contributed by atoms with E-state index in [1.165, 1.54) is 0 Å². The molecule has 1 aliphatic carbocycles. The first-order chi connectivity index (χ1) is 9.87. The lowest BCUT2D eigenvalue weighted by Gasteiger charge is -2.07. The number of carboxylic acid groups (broad SMARTS) is 1. The largest absolute Gasteiger partial charge is 0.497 e. The average molecular weight is 291 g/mol. The fourth-order valence-electron chi connectivity index (χ4n) is 2.82. The molecule has 1 aromatic carbocycles. The molecule has 0 bridgehead atoms. The van der Waals surface area contributed by atoms with Gasteiger partial charge in [0.15, 0.2) is 0 Å². The van der Waals surface area contributed by atoms with Crippen LogP contribution in [0.25, 0.3) is 0 Å². The Kier molecular flexibility index (Phi) is 4.21. The highest BCUT2D eigenvalue weighted by Crippen LogP contribution is 2.58. The Morgan fingerprint density at radius 3 is 2.33 bits per heavy atom. The fourth-order valence-corrected chi connectivity index (χ4v) is 2.82. The predicted octanol–water partition coefficient (Wildman–Crippen LogP) is 1.71. The molecule has 2 N–H and O–H groups in total. The van der Waals surface area contributed by atoms with Gasteiger partial charge in [-0.05, 0) is 29.5 Å². The number of nitrogens with one attached hydrogen (secondary N) is 1. The molecule has 1 aliphatic rings. The zero-order valence-electron chi connectivity index (χ0n) is 12.6. The molecule has 0 saturated heterocycles. The van der Waals surface area contributed by atoms with Crippen molar-refractivity contribution in [2.24, 2.45) is 17.3 Å². The van der Waals surface area contributed by atoms with E-state index in [1.807, 2.05) is 38.1 Å². The van der Waals surface area contributed by atoms with Crippen LogP contribution in [-0.2, 0) is 16.0 Å². The normalized spacial score (nSPS) is 22.4. The second kappa shape index (κ2) is 5.76. The standard InChI is InChI=1S/C16H21NO4/c1-16(2)12(13(16)15(19)20)14(18)17-9-8-10-4-6-11(21-3)7-5-10/h4-7,12-13H,8-9H2,1-3H3,(H,17,18)(H,19,20). The van der Waals surface area contributed by atoms with Crippen LogP contribution in [0.15, 0.2) is 24.3 Å². The lowest BCUT2D eigenvalue weighted by molar-refractivity contribution is -0.140. The number of rotatable bonds is 6. The van der Waals surface area contributed by atoms with Crippen LogP contribution < -0.4 is 10.1 Å². The van der Waals surface area contributed by atoms with Crippen molar-refractivity contribution in [3.8, 4) is 5.75 Å². The molecule has 1 amide bonds. The Bertz CT molecular complexity index is 536. The molecule has 2 unspecified atom stereocenters. The molecule has 0 spiro atoms. The summed E-state index contributed by atoms with van der Waals surface area (Å²) in [6, 6.07) is 7.65. The summed E-state index contributed by atoms with van der Waals surface area (Å²) in [6.45, 7) is 4.14. The first kappa shape index (κ1) is 15.4. The van der Waals surface area contributed by atoms with Crippen LogP contribution in [0.3, 0.4) is 0 Å². The van der Waals surface area contributed by atoms with E-state index >= 15 is 0 Å². The van der Waals surface area contributed by atoms with Gasteiger partial charge in [-0.15, -0.1) is 0 Å². The monoisotopic (exact) mass is 291 g/mol. The Labute approximate surface area is 124 Å². The van der Waals surface area contributed by atoms with Crippen LogP contribution in [0.1, 0.15) is 19.4 Å². The fraction of sp³-hybridized carbons (Fsp3) is 0.500. The summed E-state index contributed by atoms with van der Waals surface area (Å²) >= 11 is 0. The van der Waals surface area contributed by atoms with E-state index in [-0.39, 0.29) is 5.91 Å². The van der Waals surface area contributed by atoms with Gasteiger partial charge in [-0.1, -0.05) is 26.0 Å². The molecule has 2 atom stereocenters. The number of methoxy groups -OCH3 is 1. The van der Waals surface area contributed by atoms with Gasteiger partial charge >= 0.3 is 5.97 Å². The molecule has 1 saturated carbocycles. The molecule has 2 rings (SSSR count). The van der Waals surface area contributed by atoms with E-state index in [0.29, 0.717) is 13.0 Å². The Balaban J connectivity index is 1.81. The van der Waals surface area contributed by atoms with Gasteiger partial charge in [0.2, 0.25) is 5.91 Å². The molecule has 1 fully saturated rings. The summed E-state index contributed by atoms with van der Waals surface area (Å²) in [5.41, 5.74) is 0.650. The number of hydrogen-bond acceptors (Lipinski definition) is 3. The molecule has 0 radical (unpaired) electrons. The summed E-state index contributed by atoms with van der Waals surface area (Å²) < 4.78 is 5.08. The van der Waals surface area contributed by atoms with E-state index < -0.39 is 23.2 Å². The van der Waals surface area contributed by atoms with Gasteiger partial charge in [-0.2, -0.15) is 0 Å². The van der Waals surface area contributed by atoms with Crippen molar-refractivity contribution in [2.75, 3.05) is 13.7 Å². The molecule has 0 aliphatic heterocycles. The maximum Gasteiger partial charge on any atom is 0.307 e. The topological polar surface area (TPSA) is 75.6 Å². The quantitative estimate of drug-likeness (QED) is 0.836. The second-order valence-corrected chi connectivity index (χ2v) is 6.00. The maximum atomic E-state index is 12.0. The summed E-state index contributed by atoms with van der Waals surface area (Å²) in [4.78, 5) is 23.1. The molecule has 114 valence electrons. The molecule has 5 heteroatoms. The van der Waals surface area contributed by atoms with E-state index in [4.69, 9.17) is 9.84 Å². The highest BCUT2D eigenvalue weighted by atomic mass is 16.5. The minimum Gasteiger partial charge on any atom is -0.497 e. The third-order valence-corrected chi connectivity index (χ3v) is 4.25. The van der Waals surface area contributed by atoms with Crippen molar-refractivity contribution in [3.05, 3.63) is 29.8 Å². The van der Waals surface area contributed by atoms with Crippen molar-refractivity contribution in [1.82, 2.24) is 5.32 Å². The lowest BCUT2D eigenvalue weighted by Crippen LogP contribution is -2.29. The predicted molar refractivity (Wildman–Crippen MR) is 78.1 cm³/mol. The SMILES string of the molecule is COc1ccc(CCNC(=O)C2C(C(=O)O)C2(C)C)cc1. The first-order valence-corrected chi connectivity index (χ1v) is 7.01. The van der Waals surface area contributed by atoms with Gasteiger partial charge in [-0.3, -0.25) is 9.59 Å². The molecule has 21 heavy (non-hydrogen) atoms. The molecular weight excluding hydrogens is 270 g/mol. The lowest BCUT2D eigenvalue weighted by atomic mass is 10.1. The minimum absolute atomic E-state index is 0.166. The summed E-state index contributed by atoms with van der Waals surface area (Å²) in [5.74, 6) is -1.26. The van der Waals surface area contributed by atoms with E-state index in [9.17, 15) is 9.59 Å². The molecule has 0 heterocycles. The third-order valence-electron chi connectivity index (χ3n) is 4.25. The van der Waals surface area contributed by atoms with Gasteiger partial charge in [-0.25, -0.2) is 0 Å². The average Bonchev–Trinajstić information content (AvgIpc) is 3.02. The number of hydrogen-bond donors (Lipinski definition) is 2. The van der Waals surface area contributed by atoms with Crippen LogP contribution in [0.2, 0.25) is 0 Å². The molecule has 1 aromatic rings. The summed E-state index contributed by atoms with van der Waals surface area (Å²) in [6.07, 6.45) is 0.709. The van der Waals surface area contributed by atoms with E-state index in [2.05, 4.69) is 5.32 Å².